The highest BCUT2D eigenvalue weighted by Gasteiger charge is 2.15. The molecule has 82 valence electrons. The highest BCUT2D eigenvalue weighted by atomic mass is 79.9. The first-order valence-corrected chi connectivity index (χ1v) is 5.58. The Morgan fingerprint density at radius 3 is 2.80 bits per heavy atom. The van der Waals surface area contributed by atoms with Crippen LogP contribution in [0.15, 0.2) is 16.6 Å². The number of carbonyl (C=O) groups excluding carboxylic acids is 1. The second-order valence-electron chi connectivity index (χ2n) is 2.87. The van der Waals surface area contributed by atoms with Crippen molar-refractivity contribution in [3.8, 4) is 11.5 Å². The van der Waals surface area contributed by atoms with Crippen molar-refractivity contribution >= 4 is 33.3 Å². The molecule has 0 amide bonds. The van der Waals surface area contributed by atoms with Crippen molar-refractivity contribution in [2.45, 2.75) is 6.42 Å². The monoisotopic (exact) mass is 292 g/mol. The molecule has 15 heavy (non-hydrogen) atoms. The number of methoxy groups -OCH3 is 1. The number of alkyl halides is 1. The van der Waals surface area contributed by atoms with Crippen LogP contribution in [0.3, 0.4) is 0 Å². The highest BCUT2D eigenvalue weighted by molar-refractivity contribution is 9.10. The van der Waals surface area contributed by atoms with Crippen molar-refractivity contribution in [2.75, 3.05) is 13.0 Å². The van der Waals surface area contributed by atoms with Crippen LogP contribution in [0.1, 0.15) is 16.8 Å². The Labute approximate surface area is 101 Å². The van der Waals surface area contributed by atoms with E-state index >= 15 is 0 Å². The van der Waals surface area contributed by atoms with Gasteiger partial charge in [0.1, 0.15) is 11.5 Å². The van der Waals surface area contributed by atoms with Crippen molar-refractivity contribution in [2.24, 2.45) is 0 Å². The zero-order chi connectivity index (χ0) is 11.4. The molecule has 0 radical (unpaired) electrons. The molecule has 0 aliphatic rings. The van der Waals surface area contributed by atoms with Crippen LogP contribution < -0.4 is 4.74 Å². The lowest BCUT2D eigenvalue weighted by Gasteiger charge is -2.07. The van der Waals surface area contributed by atoms with Gasteiger partial charge in [0, 0.05) is 12.3 Å². The molecule has 0 saturated heterocycles. The Morgan fingerprint density at radius 1 is 1.60 bits per heavy atom. The molecule has 0 bridgehead atoms. The maximum absolute atomic E-state index is 11.6. The van der Waals surface area contributed by atoms with Crippen LogP contribution in [0.25, 0.3) is 0 Å². The molecule has 0 spiro atoms. The summed E-state index contributed by atoms with van der Waals surface area (Å²) in [6.07, 6.45) is 0.189. The molecule has 1 aromatic rings. The molecule has 0 saturated carbocycles. The van der Waals surface area contributed by atoms with Crippen LogP contribution in [0.5, 0.6) is 11.5 Å². The second-order valence-corrected chi connectivity index (χ2v) is 4.10. The fourth-order valence-corrected chi connectivity index (χ4v) is 1.74. The maximum Gasteiger partial charge on any atom is 0.167 e. The summed E-state index contributed by atoms with van der Waals surface area (Å²) >= 11 is 8.61. The van der Waals surface area contributed by atoms with Crippen molar-refractivity contribution in [3.05, 3.63) is 22.2 Å². The van der Waals surface area contributed by atoms with E-state index in [1.165, 1.54) is 13.2 Å². The number of benzene rings is 1. The Balaban J connectivity index is 3.15. The predicted octanol–water partition coefficient (Wildman–Crippen LogP) is 2.97. The van der Waals surface area contributed by atoms with Crippen molar-refractivity contribution in [1.82, 2.24) is 0 Å². The van der Waals surface area contributed by atoms with E-state index < -0.39 is 0 Å². The first kappa shape index (κ1) is 12.3. The first-order valence-electron chi connectivity index (χ1n) is 4.25. The minimum atomic E-state index is -0.206. The number of carbonyl (C=O) groups is 1. The molecule has 0 atom stereocenters. The van der Waals surface area contributed by atoms with Gasteiger partial charge in [-0.1, -0.05) is 0 Å². The van der Waals surface area contributed by atoms with E-state index in [2.05, 4.69) is 15.9 Å². The Kier molecular flexibility index (Phi) is 4.42. The molecule has 5 heteroatoms. The van der Waals surface area contributed by atoms with E-state index in [0.717, 1.165) is 0 Å². The highest BCUT2D eigenvalue weighted by Crippen LogP contribution is 2.33. The van der Waals surface area contributed by atoms with Crippen LogP contribution in [-0.4, -0.2) is 23.9 Å². The molecular formula is C10H10BrClO3. The summed E-state index contributed by atoms with van der Waals surface area (Å²) in [5, 5.41) is 9.65. The van der Waals surface area contributed by atoms with Gasteiger partial charge in [-0.2, -0.15) is 0 Å². The van der Waals surface area contributed by atoms with Crippen molar-refractivity contribution < 1.29 is 14.6 Å². The number of ether oxygens (including phenoxy) is 1. The largest absolute Gasteiger partial charge is 0.506 e. The molecule has 0 heterocycles. The lowest BCUT2D eigenvalue weighted by Crippen LogP contribution is -2.01. The van der Waals surface area contributed by atoms with Crippen LogP contribution in [0.2, 0.25) is 0 Å². The van der Waals surface area contributed by atoms with E-state index in [1.54, 1.807) is 6.07 Å². The minimum absolute atomic E-state index is 0.0779. The SMILES string of the molecule is COc1cc(Br)c(O)c(C(=O)CCCl)c1. The van der Waals surface area contributed by atoms with Gasteiger partial charge in [-0.25, -0.2) is 0 Å². The third kappa shape index (κ3) is 2.86. The number of phenolic OH excluding ortho intramolecular Hbond substituents is 1. The van der Waals surface area contributed by atoms with Gasteiger partial charge >= 0.3 is 0 Å². The number of aromatic hydroxyl groups is 1. The summed E-state index contributed by atoms with van der Waals surface area (Å²) < 4.78 is 5.42. The molecule has 0 aliphatic heterocycles. The third-order valence-electron chi connectivity index (χ3n) is 1.89. The van der Waals surface area contributed by atoms with Gasteiger partial charge in [0.2, 0.25) is 0 Å². The summed E-state index contributed by atoms with van der Waals surface area (Å²) in [5.74, 6) is 0.457. The van der Waals surface area contributed by atoms with Gasteiger partial charge in [-0.3, -0.25) is 4.79 Å². The number of halogens is 2. The summed E-state index contributed by atoms with van der Waals surface area (Å²) in [6, 6.07) is 3.09. The average molecular weight is 294 g/mol. The molecule has 0 aliphatic carbocycles. The van der Waals surface area contributed by atoms with E-state index in [4.69, 9.17) is 16.3 Å². The summed E-state index contributed by atoms with van der Waals surface area (Å²) in [6.45, 7) is 0. The molecule has 3 nitrogen and oxygen atoms in total. The first-order chi connectivity index (χ1) is 7.10. The second kappa shape index (κ2) is 5.37. The molecule has 1 rings (SSSR count). The summed E-state index contributed by atoms with van der Waals surface area (Å²) in [4.78, 5) is 11.6. The number of Topliss-reactive ketones (excluding diaryl/α,β-unsaturated/α-hetero) is 1. The summed E-state index contributed by atoms with van der Waals surface area (Å²) in [5.41, 5.74) is 0.224. The van der Waals surface area contributed by atoms with E-state index in [1.807, 2.05) is 0 Å². The number of hydrogen-bond donors (Lipinski definition) is 1. The molecule has 0 fully saturated rings. The quantitative estimate of drug-likeness (QED) is 0.686. The molecule has 0 aromatic heterocycles. The van der Waals surface area contributed by atoms with Gasteiger partial charge in [0.25, 0.3) is 0 Å². The summed E-state index contributed by atoms with van der Waals surface area (Å²) in [7, 11) is 1.49. The van der Waals surface area contributed by atoms with Crippen LogP contribution in [0, 0.1) is 0 Å². The van der Waals surface area contributed by atoms with Gasteiger partial charge in [0.05, 0.1) is 17.1 Å². The van der Waals surface area contributed by atoms with E-state index in [0.29, 0.717) is 10.2 Å². The topological polar surface area (TPSA) is 46.5 Å². The zero-order valence-corrected chi connectivity index (χ0v) is 10.4. The average Bonchev–Trinajstić information content (AvgIpc) is 2.22. The van der Waals surface area contributed by atoms with Crippen molar-refractivity contribution in [3.63, 3.8) is 0 Å². The van der Waals surface area contributed by atoms with Crippen LogP contribution >= 0.6 is 27.5 Å². The Morgan fingerprint density at radius 2 is 2.27 bits per heavy atom. The number of hydrogen-bond acceptors (Lipinski definition) is 3. The number of ketones is 1. The van der Waals surface area contributed by atoms with Gasteiger partial charge < -0.3 is 9.84 Å². The van der Waals surface area contributed by atoms with Crippen LogP contribution in [0.4, 0.5) is 0 Å². The molecule has 0 unspecified atom stereocenters. The maximum atomic E-state index is 11.6. The lowest BCUT2D eigenvalue weighted by molar-refractivity contribution is 0.0986. The standard InChI is InChI=1S/C10H10BrClO3/c1-15-6-4-7(9(13)2-3-12)10(14)8(11)5-6/h4-5,14H,2-3H2,1H3. The zero-order valence-electron chi connectivity index (χ0n) is 8.09. The fraction of sp³-hybridized carbons (Fsp3) is 0.300. The fourth-order valence-electron chi connectivity index (χ4n) is 1.13. The third-order valence-corrected chi connectivity index (χ3v) is 2.69. The molecular weight excluding hydrogens is 283 g/mol. The lowest BCUT2D eigenvalue weighted by atomic mass is 10.1. The van der Waals surface area contributed by atoms with Crippen LogP contribution in [-0.2, 0) is 0 Å². The van der Waals surface area contributed by atoms with Gasteiger partial charge in [0.15, 0.2) is 5.78 Å². The minimum Gasteiger partial charge on any atom is -0.506 e. The normalized spacial score (nSPS) is 10.1. The molecule has 1 N–H and O–H groups in total. The van der Waals surface area contributed by atoms with E-state index in [9.17, 15) is 9.90 Å². The number of phenols is 1. The Hall–Kier alpha value is -0.740. The smallest absolute Gasteiger partial charge is 0.167 e. The van der Waals surface area contributed by atoms with Gasteiger partial charge in [-0.05, 0) is 28.1 Å². The van der Waals surface area contributed by atoms with E-state index in [-0.39, 0.29) is 29.4 Å². The Bertz CT molecular complexity index is 379. The number of rotatable bonds is 4. The predicted molar refractivity (Wildman–Crippen MR) is 62.0 cm³/mol. The van der Waals surface area contributed by atoms with Crippen molar-refractivity contribution in [1.29, 1.82) is 0 Å². The van der Waals surface area contributed by atoms with Gasteiger partial charge in [-0.15, -0.1) is 11.6 Å². The molecule has 1 aromatic carbocycles.